The highest BCUT2D eigenvalue weighted by Crippen LogP contribution is 2.28. The Morgan fingerprint density at radius 2 is 2.14 bits per heavy atom. The molecule has 0 aromatic carbocycles. The molecule has 3 unspecified atom stereocenters. The summed E-state index contributed by atoms with van der Waals surface area (Å²) in [5, 5.41) is 0. The van der Waals surface area contributed by atoms with Crippen LogP contribution in [0.5, 0.6) is 0 Å². The fourth-order valence-corrected chi connectivity index (χ4v) is 4.38. The Morgan fingerprint density at radius 1 is 1.43 bits per heavy atom. The van der Waals surface area contributed by atoms with E-state index in [1.807, 2.05) is 44.4 Å². The number of ether oxygens (including phenoxy) is 1. The summed E-state index contributed by atoms with van der Waals surface area (Å²) >= 11 is 1.82. The average Bonchev–Trinajstić information content (AvgIpc) is 2.67. The summed E-state index contributed by atoms with van der Waals surface area (Å²) in [7, 11) is 0. The lowest BCUT2D eigenvalue weighted by Gasteiger charge is -2.39. The maximum atomic E-state index is 12.7. The van der Waals surface area contributed by atoms with E-state index in [4.69, 9.17) is 14.7 Å². The predicted molar refractivity (Wildman–Crippen MR) is 121 cm³/mol. The van der Waals surface area contributed by atoms with Gasteiger partial charge in [-0.25, -0.2) is 4.79 Å². The first-order valence-electron chi connectivity index (χ1n) is 10.2. The van der Waals surface area contributed by atoms with Gasteiger partial charge in [0.05, 0.1) is 23.9 Å². The molecule has 0 saturated carbocycles. The van der Waals surface area contributed by atoms with Crippen molar-refractivity contribution >= 4 is 29.3 Å². The van der Waals surface area contributed by atoms with Crippen molar-refractivity contribution in [3.05, 3.63) is 23.9 Å². The molecule has 6 heteroatoms. The van der Waals surface area contributed by atoms with Crippen molar-refractivity contribution in [3.8, 4) is 0 Å². The molecule has 0 aliphatic carbocycles. The molecule has 0 N–H and O–H groups in total. The van der Waals surface area contributed by atoms with E-state index in [2.05, 4.69) is 25.8 Å². The van der Waals surface area contributed by atoms with Crippen molar-refractivity contribution in [1.29, 1.82) is 0 Å². The summed E-state index contributed by atoms with van der Waals surface area (Å²) in [5.41, 5.74) is 3.88. The van der Waals surface area contributed by atoms with Crippen LogP contribution >= 0.6 is 11.8 Å². The molecule has 2 aliphatic rings. The Balaban J connectivity index is 2.46. The van der Waals surface area contributed by atoms with Gasteiger partial charge in [0.15, 0.2) is 0 Å². The monoisotopic (exact) mass is 405 g/mol. The number of rotatable bonds is 5. The number of likely N-dealkylation sites (tertiary alicyclic amines) is 1. The fraction of sp³-hybridized carbons (Fsp3) is 0.682. The molecule has 0 radical (unpaired) electrons. The maximum absolute atomic E-state index is 12.7. The third-order valence-corrected chi connectivity index (χ3v) is 5.92. The molecular formula is C22H35N3O2S. The van der Waals surface area contributed by atoms with Crippen molar-refractivity contribution in [2.24, 2.45) is 15.9 Å². The van der Waals surface area contributed by atoms with E-state index in [0.29, 0.717) is 18.9 Å². The summed E-state index contributed by atoms with van der Waals surface area (Å²) in [5.74, 6) is 1.31. The quantitative estimate of drug-likeness (QED) is 0.637. The molecule has 0 aromatic rings. The number of piperidine rings is 1. The zero-order chi connectivity index (χ0) is 20.8. The standard InChI is InChI=1S/C22H35N3O2S/c1-14(2)19-12-20(16(5)13-28-7)24-18-9-8-10-25(22(26)27-15(3)4)21(18)11-17(6)23-19/h12,15-16,18,21H,1,8-11,13H2,2-7H3. The topological polar surface area (TPSA) is 54.3 Å². The van der Waals surface area contributed by atoms with Crippen molar-refractivity contribution in [3.63, 3.8) is 0 Å². The van der Waals surface area contributed by atoms with Gasteiger partial charge in [0.25, 0.3) is 0 Å². The van der Waals surface area contributed by atoms with Gasteiger partial charge < -0.3 is 9.64 Å². The first-order valence-corrected chi connectivity index (χ1v) is 11.6. The number of aliphatic imine (C=N–C) groups is 2. The Kier molecular flexibility index (Phi) is 8.35. The number of allylic oxidation sites excluding steroid dienone is 2. The van der Waals surface area contributed by atoms with E-state index in [-0.39, 0.29) is 24.3 Å². The minimum atomic E-state index is -0.237. The van der Waals surface area contributed by atoms with Crippen LogP contribution in [0.2, 0.25) is 0 Å². The van der Waals surface area contributed by atoms with Gasteiger partial charge in [-0.1, -0.05) is 13.5 Å². The van der Waals surface area contributed by atoms with Crippen LogP contribution in [0.1, 0.15) is 53.9 Å². The van der Waals surface area contributed by atoms with E-state index in [1.54, 1.807) is 0 Å². The van der Waals surface area contributed by atoms with Crippen LogP contribution in [-0.2, 0) is 4.74 Å². The van der Waals surface area contributed by atoms with Crippen molar-refractivity contribution < 1.29 is 9.53 Å². The van der Waals surface area contributed by atoms with Gasteiger partial charge in [-0.2, -0.15) is 11.8 Å². The second-order valence-corrected chi connectivity index (χ2v) is 9.08. The lowest BCUT2D eigenvalue weighted by atomic mass is 9.92. The van der Waals surface area contributed by atoms with Crippen LogP contribution in [0, 0.1) is 5.92 Å². The molecule has 2 aliphatic heterocycles. The summed E-state index contributed by atoms with van der Waals surface area (Å²) in [4.78, 5) is 24.6. The highest BCUT2D eigenvalue weighted by atomic mass is 32.2. The minimum Gasteiger partial charge on any atom is -0.447 e. The molecule has 28 heavy (non-hydrogen) atoms. The number of carbonyl (C=O) groups excluding carboxylic acids is 1. The first-order chi connectivity index (χ1) is 13.2. The number of fused-ring (bicyclic) bond motifs is 1. The second kappa shape index (κ2) is 10.3. The molecule has 1 amide bonds. The number of nitrogens with zero attached hydrogens (tertiary/aromatic N) is 3. The third-order valence-electron chi connectivity index (χ3n) is 5.09. The lowest BCUT2D eigenvalue weighted by Crippen LogP contribution is -2.52. The van der Waals surface area contributed by atoms with E-state index in [1.165, 1.54) is 0 Å². The number of hydrogen-bond donors (Lipinski definition) is 0. The molecule has 2 rings (SSSR count). The molecule has 0 aromatic heterocycles. The summed E-state index contributed by atoms with van der Waals surface area (Å²) in [6, 6.07) is 0.0525. The van der Waals surface area contributed by atoms with Crippen LogP contribution in [0.15, 0.2) is 33.9 Å². The molecule has 1 saturated heterocycles. The van der Waals surface area contributed by atoms with Crippen LogP contribution in [-0.4, -0.2) is 59.2 Å². The lowest BCUT2D eigenvalue weighted by molar-refractivity contribution is 0.0496. The highest BCUT2D eigenvalue weighted by molar-refractivity contribution is 7.98. The third kappa shape index (κ3) is 5.97. The highest BCUT2D eigenvalue weighted by Gasteiger charge is 2.36. The van der Waals surface area contributed by atoms with E-state index in [9.17, 15) is 4.79 Å². The van der Waals surface area contributed by atoms with Crippen LogP contribution in [0.4, 0.5) is 4.79 Å². The van der Waals surface area contributed by atoms with Crippen molar-refractivity contribution in [1.82, 2.24) is 4.90 Å². The molecule has 0 spiro atoms. The molecule has 1 fully saturated rings. The average molecular weight is 406 g/mol. The van der Waals surface area contributed by atoms with Gasteiger partial charge in [-0.15, -0.1) is 0 Å². The van der Waals surface area contributed by atoms with Gasteiger partial charge in [0.2, 0.25) is 0 Å². The zero-order valence-corrected chi connectivity index (χ0v) is 19.0. The van der Waals surface area contributed by atoms with E-state index >= 15 is 0 Å². The molecule has 156 valence electrons. The molecule has 5 nitrogen and oxygen atoms in total. The van der Waals surface area contributed by atoms with Gasteiger partial charge in [-0.3, -0.25) is 9.98 Å². The van der Waals surface area contributed by atoms with E-state index < -0.39 is 0 Å². The Hall–Kier alpha value is -1.56. The molecule has 3 atom stereocenters. The van der Waals surface area contributed by atoms with Crippen LogP contribution in [0.3, 0.4) is 0 Å². The Bertz CT molecular complexity index is 681. The molecule has 2 heterocycles. The maximum Gasteiger partial charge on any atom is 0.410 e. The summed E-state index contributed by atoms with van der Waals surface area (Å²) in [6.45, 7) is 14.8. The smallest absolute Gasteiger partial charge is 0.410 e. The first kappa shape index (κ1) is 22.7. The van der Waals surface area contributed by atoms with Crippen molar-refractivity contribution in [2.45, 2.75) is 72.1 Å². The SMILES string of the molecule is C=C(C)C1=CC(C(C)CSC)=NC2CCCN(C(=O)OC(C)C)C2CC(C)=N1. The molecule has 0 bridgehead atoms. The molecular weight excluding hydrogens is 370 g/mol. The van der Waals surface area contributed by atoms with E-state index in [0.717, 1.165) is 41.3 Å². The number of carbonyl (C=O) groups is 1. The normalized spacial score (nSPS) is 24.1. The van der Waals surface area contributed by atoms with Gasteiger partial charge in [0.1, 0.15) is 0 Å². The summed E-state index contributed by atoms with van der Waals surface area (Å²) in [6.07, 6.45) is 6.47. The van der Waals surface area contributed by atoms with Crippen molar-refractivity contribution in [2.75, 3.05) is 18.6 Å². The van der Waals surface area contributed by atoms with Gasteiger partial charge in [-0.05, 0) is 58.4 Å². The predicted octanol–water partition coefficient (Wildman–Crippen LogP) is 5.13. The van der Waals surface area contributed by atoms with Gasteiger partial charge >= 0.3 is 6.09 Å². The number of hydrogen-bond acceptors (Lipinski definition) is 5. The van der Waals surface area contributed by atoms with Crippen LogP contribution in [0.25, 0.3) is 0 Å². The largest absolute Gasteiger partial charge is 0.447 e. The van der Waals surface area contributed by atoms with Crippen LogP contribution < -0.4 is 0 Å². The number of amides is 1. The van der Waals surface area contributed by atoms with Gasteiger partial charge in [0, 0.05) is 36.1 Å². The zero-order valence-electron chi connectivity index (χ0n) is 18.2. The summed E-state index contributed by atoms with van der Waals surface area (Å²) < 4.78 is 5.52. The number of thioether (sulfide) groups is 1. The minimum absolute atomic E-state index is 0.0156. The Morgan fingerprint density at radius 3 is 2.75 bits per heavy atom. The Labute approximate surface area is 174 Å². The second-order valence-electron chi connectivity index (χ2n) is 8.17. The fourth-order valence-electron chi connectivity index (χ4n) is 3.71.